The van der Waals surface area contributed by atoms with Gasteiger partial charge in [-0.1, -0.05) is 6.07 Å². The van der Waals surface area contributed by atoms with Crippen molar-refractivity contribution in [2.24, 2.45) is 0 Å². The second-order valence-electron chi connectivity index (χ2n) is 7.41. The summed E-state index contributed by atoms with van der Waals surface area (Å²) in [7, 11) is 2.93. The van der Waals surface area contributed by atoms with Crippen LogP contribution in [0.4, 0.5) is 4.39 Å². The van der Waals surface area contributed by atoms with Gasteiger partial charge in [0.05, 0.1) is 20.4 Å². The molecule has 4 rings (SSSR count). The van der Waals surface area contributed by atoms with E-state index in [1.54, 1.807) is 18.2 Å². The van der Waals surface area contributed by atoms with Crippen molar-refractivity contribution >= 4 is 23.0 Å². The highest BCUT2D eigenvalue weighted by Crippen LogP contribution is 2.45. The van der Waals surface area contributed by atoms with Gasteiger partial charge in [0.2, 0.25) is 5.75 Å². The predicted octanol–water partition coefficient (Wildman–Crippen LogP) is 5.53. The smallest absolute Gasteiger partial charge is 0.200 e. The zero-order valence-electron chi connectivity index (χ0n) is 17.9. The number of ether oxygens (including phenoxy) is 2. The summed E-state index contributed by atoms with van der Waals surface area (Å²) in [5, 5.41) is 10.2. The largest absolute Gasteiger partial charge is 0.502 e. The number of rotatable bonds is 7. The number of carbonyl (C=O) groups is 1. The third-order valence-corrected chi connectivity index (χ3v) is 5.58. The highest BCUT2D eigenvalue weighted by Gasteiger charge is 2.25. The van der Waals surface area contributed by atoms with Gasteiger partial charge >= 0.3 is 0 Å². The molecule has 2 aromatic carbocycles. The number of hydrogen-bond donors (Lipinski definition) is 1. The molecule has 0 fully saturated rings. The third-order valence-electron chi connectivity index (χ3n) is 5.58. The molecule has 1 aromatic heterocycles. The lowest BCUT2D eigenvalue weighted by molar-refractivity contribution is 0.0957. The van der Waals surface area contributed by atoms with Crippen LogP contribution in [-0.4, -0.2) is 30.1 Å². The van der Waals surface area contributed by atoms with E-state index in [2.05, 4.69) is 4.98 Å². The molecule has 0 amide bonds. The van der Waals surface area contributed by atoms with Crippen molar-refractivity contribution in [2.75, 3.05) is 14.2 Å². The molecular formula is C25H22FNO5. The Balaban J connectivity index is 1.75. The maximum absolute atomic E-state index is 14.1. The molecule has 1 aliphatic rings. The van der Waals surface area contributed by atoms with Crippen LogP contribution < -0.4 is 9.47 Å². The molecule has 0 bridgehead atoms. The fraction of sp³-hybridized carbons (Fsp3) is 0.200. The van der Waals surface area contributed by atoms with Gasteiger partial charge in [-0.05, 0) is 77.1 Å². The van der Waals surface area contributed by atoms with E-state index in [1.165, 1.54) is 38.9 Å². The highest BCUT2D eigenvalue weighted by atomic mass is 19.1. The molecule has 6 nitrogen and oxygen atoms in total. The van der Waals surface area contributed by atoms with Gasteiger partial charge in [0.1, 0.15) is 5.82 Å². The molecule has 0 radical (unpaired) electrons. The summed E-state index contributed by atoms with van der Waals surface area (Å²) in [5.41, 5.74) is 5.13. The Labute approximate surface area is 184 Å². The Kier molecular flexibility index (Phi) is 5.81. The zero-order valence-corrected chi connectivity index (χ0v) is 17.9. The SMILES string of the molecule is COc1cc(/C=C2/C(C)=C(CCC(=O)c3cnco3)c3cc(F)ccc32)cc(OC)c1O. The van der Waals surface area contributed by atoms with Crippen molar-refractivity contribution in [1.82, 2.24) is 4.98 Å². The minimum absolute atomic E-state index is 0.0788. The summed E-state index contributed by atoms with van der Waals surface area (Å²) < 4.78 is 29.7. The van der Waals surface area contributed by atoms with Crippen LogP contribution in [0, 0.1) is 5.82 Å². The van der Waals surface area contributed by atoms with E-state index in [-0.39, 0.29) is 41.0 Å². The summed E-state index contributed by atoms with van der Waals surface area (Å²) in [6, 6.07) is 8.05. The van der Waals surface area contributed by atoms with Gasteiger partial charge in [-0.3, -0.25) is 4.79 Å². The van der Waals surface area contributed by atoms with Crippen LogP contribution in [-0.2, 0) is 0 Å². The number of fused-ring (bicyclic) bond motifs is 1. The normalized spacial score (nSPS) is 14.1. The first-order valence-electron chi connectivity index (χ1n) is 10.0. The molecular weight excluding hydrogens is 413 g/mol. The average molecular weight is 435 g/mol. The van der Waals surface area contributed by atoms with Crippen LogP contribution in [0.15, 0.2) is 52.9 Å². The number of ketones is 1. The van der Waals surface area contributed by atoms with E-state index in [0.717, 1.165) is 33.4 Å². The van der Waals surface area contributed by atoms with Gasteiger partial charge in [-0.2, -0.15) is 0 Å². The van der Waals surface area contributed by atoms with Crippen molar-refractivity contribution in [1.29, 1.82) is 0 Å². The molecule has 7 heteroatoms. The molecule has 1 aliphatic carbocycles. The Hall–Kier alpha value is -3.87. The number of aromatic nitrogens is 1. The minimum atomic E-state index is -0.343. The lowest BCUT2D eigenvalue weighted by atomic mass is 9.99. The highest BCUT2D eigenvalue weighted by molar-refractivity contribution is 6.06. The first-order chi connectivity index (χ1) is 15.4. The second-order valence-corrected chi connectivity index (χ2v) is 7.41. The van der Waals surface area contributed by atoms with E-state index < -0.39 is 0 Å². The van der Waals surface area contributed by atoms with Crippen LogP contribution in [0.2, 0.25) is 0 Å². The minimum Gasteiger partial charge on any atom is -0.502 e. The van der Waals surface area contributed by atoms with Crippen molar-refractivity contribution in [3.8, 4) is 17.2 Å². The number of halogens is 1. The number of oxazole rings is 1. The summed E-state index contributed by atoms with van der Waals surface area (Å²) in [6.07, 6.45) is 5.19. The van der Waals surface area contributed by atoms with Gasteiger partial charge in [0.25, 0.3) is 0 Å². The Morgan fingerprint density at radius 3 is 2.50 bits per heavy atom. The van der Waals surface area contributed by atoms with Crippen molar-refractivity contribution in [2.45, 2.75) is 19.8 Å². The molecule has 32 heavy (non-hydrogen) atoms. The topological polar surface area (TPSA) is 81.8 Å². The third kappa shape index (κ3) is 3.89. The fourth-order valence-electron chi connectivity index (χ4n) is 3.95. The second kappa shape index (κ2) is 8.70. The van der Waals surface area contributed by atoms with Crippen molar-refractivity contribution in [3.05, 3.63) is 76.8 Å². The first kappa shape index (κ1) is 21.4. The molecule has 0 saturated heterocycles. The number of aromatic hydroxyl groups is 1. The first-order valence-corrected chi connectivity index (χ1v) is 10.0. The number of nitrogens with zero attached hydrogens (tertiary/aromatic N) is 1. The fourth-order valence-corrected chi connectivity index (χ4v) is 3.95. The predicted molar refractivity (Wildman–Crippen MR) is 118 cm³/mol. The van der Waals surface area contributed by atoms with Crippen LogP contribution in [0.1, 0.15) is 47.0 Å². The monoisotopic (exact) mass is 435 g/mol. The molecule has 1 heterocycles. The number of hydrogen-bond acceptors (Lipinski definition) is 6. The summed E-state index contributed by atoms with van der Waals surface area (Å²) >= 11 is 0. The van der Waals surface area contributed by atoms with E-state index in [1.807, 2.05) is 13.0 Å². The molecule has 1 N–H and O–H groups in total. The lowest BCUT2D eigenvalue weighted by Gasteiger charge is -2.11. The maximum atomic E-state index is 14.1. The van der Waals surface area contributed by atoms with E-state index >= 15 is 0 Å². The summed E-state index contributed by atoms with van der Waals surface area (Å²) in [4.78, 5) is 16.2. The molecule has 0 saturated carbocycles. The average Bonchev–Trinajstić information content (AvgIpc) is 3.41. The quantitative estimate of drug-likeness (QED) is 0.492. The zero-order chi connectivity index (χ0) is 22.8. The van der Waals surface area contributed by atoms with Crippen LogP contribution in [0.3, 0.4) is 0 Å². The van der Waals surface area contributed by atoms with Crippen LogP contribution >= 0.6 is 0 Å². The molecule has 3 aromatic rings. The molecule has 0 atom stereocenters. The van der Waals surface area contributed by atoms with Crippen molar-refractivity contribution in [3.63, 3.8) is 0 Å². The molecule has 0 aliphatic heterocycles. The van der Waals surface area contributed by atoms with E-state index in [9.17, 15) is 14.3 Å². The van der Waals surface area contributed by atoms with E-state index in [4.69, 9.17) is 13.9 Å². The Morgan fingerprint density at radius 2 is 1.88 bits per heavy atom. The number of Topliss-reactive ketones (excluding diaryl/α,β-unsaturated/α-hetero) is 1. The van der Waals surface area contributed by atoms with Gasteiger partial charge < -0.3 is 19.0 Å². The number of methoxy groups -OCH3 is 2. The Morgan fingerprint density at radius 1 is 1.16 bits per heavy atom. The van der Waals surface area contributed by atoms with Gasteiger partial charge in [0, 0.05) is 6.42 Å². The standard InChI is InChI=1S/C25H22FNO5/c1-14-17(6-7-21(28)24-12-27-13-32-24)20-11-16(26)4-5-18(20)19(14)8-15-9-22(30-2)25(29)23(10-15)31-3/h4-5,8-13,29H,6-7H2,1-3H3/b19-8-. The summed E-state index contributed by atoms with van der Waals surface area (Å²) in [6.45, 7) is 1.95. The van der Waals surface area contributed by atoms with Gasteiger partial charge in [-0.25, -0.2) is 9.37 Å². The number of allylic oxidation sites excluding steroid dienone is 3. The van der Waals surface area contributed by atoms with Crippen LogP contribution in [0.25, 0.3) is 17.2 Å². The number of benzene rings is 2. The van der Waals surface area contributed by atoms with Gasteiger partial charge in [-0.15, -0.1) is 0 Å². The van der Waals surface area contributed by atoms with Gasteiger partial charge in [0.15, 0.2) is 29.4 Å². The van der Waals surface area contributed by atoms with Crippen LogP contribution in [0.5, 0.6) is 17.2 Å². The number of phenols is 1. The van der Waals surface area contributed by atoms with Crippen molar-refractivity contribution < 1.29 is 28.2 Å². The Bertz CT molecular complexity index is 1220. The molecule has 164 valence electrons. The number of carbonyl (C=O) groups excluding carboxylic acids is 1. The molecule has 0 unspecified atom stereocenters. The summed E-state index contributed by atoms with van der Waals surface area (Å²) in [5.74, 6) is 0.196. The van der Waals surface area contributed by atoms with E-state index in [0.29, 0.717) is 6.42 Å². The molecule has 0 spiro atoms. The lowest BCUT2D eigenvalue weighted by Crippen LogP contribution is -1.98. The maximum Gasteiger partial charge on any atom is 0.200 e. The number of phenolic OH excluding ortho intramolecular Hbond substituents is 1.